The Morgan fingerprint density at radius 2 is 2.21 bits per heavy atom. The molecule has 2 N–H and O–H groups in total. The molecule has 0 saturated carbocycles. The molecule has 0 radical (unpaired) electrons. The molecule has 14 heavy (non-hydrogen) atoms. The minimum Gasteiger partial charge on any atom is -0.496 e. The van der Waals surface area contributed by atoms with Crippen molar-refractivity contribution in [2.24, 2.45) is 5.73 Å². The highest BCUT2D eigenvalue weighted by Crippen LogP contribution is 2.20. The molecule has 0 heterocycles. The summed E-state index contributed by atoms with van der Waals surface area (Å²) in [6.07, 6.45) is 0. The number of nitrogens with two attached hydrogens (primary N) is 1. The summed E-state index contributed by atoms with van der Waals surface area (Å²) in [5, 5.41) is 0. The van der Waals surface area contributed by atoms with Crippen molar-refractivity contribution < 1.29 is 13.9 Å². The molecule has 0 bridgehead atoms. The van der Waals surface area contributed by atoms with E-state index in [1.165, 1.54) is 19.2 Å². The van der Waals surface area contributed by atoms with E-state index in [9.17, 15) is 9.18 Å². The van der Waals surface area contributed by atoms with Crippen molar-refractivity contribution in [3.63, 3.8) is 0 Å². The summed E-state index contributed by atoms with van der Waals surface area (Å²) in [7, 11) is 1.42. The minimum atomic E-state index is -0.661. The van der Waals surface area contributed by atoms with E-state index in [0.717, 1.165) is 6.07 Å². The molecule has 1 rings (SSSR count). The topological polar surface area (TPSA) is 52.3 Å². The van der Waals surface area contributed by atoms with Crippen LogP contribution in [0.3, 0.4) is 0 Å². The zero-order valence-electron chi connectivity index (χ0n) is 8.08. The van der Waals surface area contributed by atoms with E-state index < -0.39 is 11.9 Å². The first-order valence-corrected chi connectivity index (χ1v) is 4.19. The van der Waals surface area contributed by atoms with Gasteiger partial charge in [0.1, 0.15) is 11.6 Å². The van der Waals surface area contributed by atoms with Crippen molar-refractivity contribution in [3.05, 3.63) is 29.6 Å². The van der Waals surface area contributed by atoms with Crippen molar-refractivity contribution in [2.45, 2.75) is 13.0 Å². The first-order valence-electron chi connectivity index (χ1n) is 4.19. The first kappa shape index (κ1) is 10.7. The van der Waals surface area contributed by atoms with Gasteiger partial charge < -0.3 is 10.5 Å². The summed E-state index contributed by atoms with van der Waals surface area (Å²) in [5.74, 6) is -0.468. The Hall–Kier alpha value is -1.42. The fraction of sp³-hybridized carbons (Fsp3) is 0.300. The molecule has 1 aromatic rings. The van der Waals surface area contributed by atoms with Gasteiger partial charge in [0.05, 0.1) is 18.7 Å². The summed E-state index contributed by atoms with van der Waals surface area (Å²) in [4.78, 5) is 11.5. The number of Topliss-reactive ketones (excluding diaryl/α,β-unsaturated/α-hetero) is 1. The molecule has 1 atom stereocenters. The van der Waals surface area contributed by atoms with Crippen LogP contribution >= 0.6 is 0 Å². The van der Waals surface area contributed by atoms with Gasteiger partial charge in [-0.15, -0.1) is 0 Å². The second kappa shape index (κ2) is 4.19. The van der Waals surface area contributed by atoms with E-state index in [4.69, 9.17) is 10.5 Å². The Kier molecular flexibility index (Phi) is 3.19. The van der Waals surface area contributed by atoms with Gasteiger partial charge in [-0.05, 0) is 25.1 Å². The highest BCUT2D eigenvalue weighted by molar-refractivity contribution is 6.02. The van der Waals surface area contributed by atoms with Crippen molar-refractivity contribution in [2.75, 3.05) is 7.11 Å². The SMILES string of the molecule is COc1ccc(F)cc1C(=O)[C@H](C)N. The number of carbonyl (C=O) groups excluding carboxylic acids is 1. The fourth-order valence-electron chi connectivity index (χ4n) is 1.12. The van der Waals surface area contributed by atoms with E-state index >= 15 is 0 Å². The number of ether oxygens (including phenoxy) is 1. The Morgan fingerprint density at radius 1 is 1.57 bits per heavy atom. The van der Waals surface area contributed by atoms with Gasteiger partial charge in [-0.1, -0.05) is 0 Å². The van der Waals surface area contributed by atoms with E-state index in [1.807, 2.05) is 0 Å². The lowest BCUT2D eigenvalue weighted by molar-refractivity contribution is 0.0964. The third kappa shape index (κ3) is 2.09. The lowest BCUT2D eigenvalue weighted by Gasteiger charge is -2.09. The lowest BCUT2D eigenvalue weighted by Crippen LogP contribution is -2.27. The van der Waals surface area contributed by atoms with Gasteiger partial charge in [0.2, 0.25) is 0 Å². The minimum absolute atomic E-state index is 0.183. The molecule has 0 aliphatic carbocycles. The lowest BCUT2D eigenvalue weighted by atomic mass is 10.0. The Morgan fingerprint density at radius 3 is 2.71 bits per heavy atom. The number of methoxy groups -OCH3 is 1. The van der Waals surface area contributed by atoms with Crippen LogP contribution in [0, 0.1) is 5.82 Å². The molecule has 0 aliphatic rings. The summed E-state index contributed by atoms with van der Waals surface area (Å²) >= 11 is 0. The standard InChI is InChI=1S/C10H12FNO2/c1-6(12)10(13)8-5-7(11)3-4-9(8)14-2/h3-6H,12H2,1-2H3/t6-/m0/s1. The largest absolute Gasteiger partial charge is 0.496 e. The Bertz CT molecular complexity index is 350. The van der Waals surface area contributed by atoms with Crippen LogP contribution in [0.4, 0.5) is 4.39 Å². The van der Waals surface area contributed by atoms with E-state index in [1.54, 1.807) is 6.92 Å². The zero-order chi connectivity index (χ0) is 10.7. The smallest absolute Gasteiger partial charge is 0.183 e. The summed E-state index contributed by atoms with van der Waals surface area (Å²) in [6.45, 7) is 1.55. The van der Waals surface area contributed by atoms with Gasteiger partial charge in [-0.25, -0.2) is 4.39 Å². The third-order valence-electron chi connectivity index (χ3n) is 1.84. The molecule has 0 unspecified atom stereocenters. The fourth-order valence-corrected chi connectivity index (χ4v) is 1.12. The normalized spacial score (nSPS) is 12.3. The molecule has 0 aromatic heterocycles. The third-order valence-corrected chi connectivity index (χ3v) is 1.84. The molecular weight excluding hydrogens is 185 g/mol. The molecular formula is C10H12FNO2. The average Bonchev–Trinajstić information content (AvgIpc) is 2.16. The predicted molar refractivity (Wildman–Crippen MR) is 50.9 cm³/mol. The molecule has 3 nitrogen and oxygen atoms in total. The van der Waals surface area contributed by atoms with Crippen molar-refractivity contribution >= 4 is 5.78 Å². The number of benzene rings is 1. The van der Waals surface area contributed by atoms with Crippen LogP contribution in [0.25, 0.3) is 0 Å². The van der Waals surface area contributed by atoms with Crippen LogP contribution < -0.4 is 10.5 Å². The zero-order valence-corrected chi connectivity index (χ0v) is 8.08. The van der Waals surface area contributed by atoms with Crippen LogP contribution in [0.5, 0.6) is 5.75 Å². The number of rotatable bonds is 3. The maximum Gasteiger partial charge on any atom is 0.183 e. The van der Waals surface area contributed by atoms with Crippen LogP contribution in [-0.2, 0) is 0 Å². The molecule has 0 saturated heterocycles. The molecule has 76 valence electrons. The number of hydrogen-bond donors (Lipinski definition) is 1. The van der Waals surface area contributed by atoms with E-state index in [0.29, 0.717) is 5.75 Å². The summed E-state index contributed by atoms with van der Waals surface area (Å²) in [6, 6.07) is 3.11. The van der Waals surface area contributed by atoms with Crippen molar-refractivity contribution in [3.8, 4) is 5.75 Å². The highest BCUT2D eigenvalue weighted by atomic mass is 19.1. The molecule has 0 fully saturated rings. The Balaban J connectivity index is 3.17. The highest BCUT2D eigenvalue weighted by Gasteiger charge is 2.16. The van der Waals surface area contributed by atoms with Gasteiger partial charge in [0.25, 0.3) is 0 Å². The molecule has 0 amide bonds. The van der Waals surface area contributed by atoms with Crippen molar-refractivity contribution in [1.82, 2.24) is 0 Å². The van der Waals surface area contributed by atoms with Crippen LogP contribution in [-0.4, -0.2) is 18.9 Å². The monoisotopic (exact) mass is 197 g/mol. The van der Waals surface area contributed by atoms with Gasteiger partial charge in [-0.3, -0.25) is 4.79 Å². The van der Waals surface area contributed by atoms with Crippen LogP contribution in [0.1, 0.15) is 17.3 Å². The number of ketones is 1. The maximum absolute atomic E-state index is 12.9. The first-order chi connectivity index (χ1) is 6.56. The van der Waals surface area contributed by atoms with Gasteiger partial charge in [-0.2, -0.15) is 0 Å². The second-order valence-electron chi connectivity index (χ2n) is 3.00. The number of hydrogen-bond acceptors (Lipinski definition) is 3. The van der Waals surface area contributed by atoms with Crippen LogP contribution in [0.15, 0.2) is 18.2 Å². The number of carbonyl (C=O) groups is 1. The number of halogens is 1. The second-order valence-corrected chi connectivity index (χ2v) is 3.00. The summed E-state index contributed by atoms with van der Waals surface area (Å²) < 4.78 is 17.8. The molecule has 4 heteroatoms. The van der Waals surface area contributed by atoms with Gasteiger partial charge in [0.15, 0.2) is 5.78 Å². The average molecular weight is 197 g/mol. The summed E-state index contributed by atoms with van der Waals surface area (Å²) in [5.41, 5.74) is 5.60. The Labute approximate surface area is 81.7 Å². The molecule has 1 aromatic carbocycles. The molecule has 0 spiro atoms. The predicted octanol–water partition coefficient (Wildman–Crippen LogP) is 1.36. The maximum atomic E-state index is 12.9. The van der Waals surface area contributed by atoms with E-state index in [2.05, 4.69) is 0 Å². The van der Waals surface area contributed by atoms with Gasteiger partial charge in [0, 0.05) is 0 Å². The van der Waals surface area contributed by atoms with Gasteiger partial charge >= 0.3 is 0 Å². The van der Waals surface area contributed by atoms with Crippen LogP contribution in [0.2, 0.25) is 0 Å². The van der Waals surface area contributed by atoms with E-state index in [-0.39, 0.29) is 11.3 Å². The van der Waals surface area contributed by atoms with Crippen molar-refractivity contribution in [1.29, 1.82) is 0 Å². The quantitative estimate of drug-likeness (QED) is 0.744. The molecule has 0 aliphatic heterocycles.